The maximum atomic E-state index is 13.2. The first-order valence-corrected chi connectivity index (χ1v) is 9.07. The fourth-order valence-corrected chi connectivity index (χ4v) is 3.18. The molecular formula is C24H20N2O2. The Morgan fingerprint density at radius 3 is 2.36 bits per heavy atom. The minimum absolute atomic E-state index is 0.0970. The molecule has 1 aromatic heterocycles. The molecule has 0 aliphatic rings. The number of rotatable bonds is 4. The molecule has 138 valence electrons. The molecule has 4 rings (SSSR count). The van der Waals surface area contributed by atoms with Crippen LogP contribution in [-0.2, 0) is 0 Å². The van der Waals surface area contributed by atoms with Crippen molar-refractivity contribution < 1.29 is 4.74 Å². The summed E-state index contributed by atoms with van der Waals surface area (Å²) in [7, 11) is 1.62. The number of hydrogen-bond acceptors (Lipinski definition) is 3. The molecule has 4 nitrogen and oxygen atoms in total. The van der Waals surface area contributed by atoms with E-state index in [-0.39, 0.29) is 5.56 Å². The zero-order chi connectivity index (χ0) is 19.5. The molecule has 0 atom stereocenters. The van der Waals surface area contributed by atoms with Crippen LogP contribution in [0.4, 0.5) is 0 Å². The van der Waals surface area contributed by atoms with E-state index in [4.69, 9.17) is 9.72 Å². The Balaban J connectivity index is 1.93. The highest BCUT2D eigenvalue weighted by Crippen LogP contribution is 2.19. The van der Waals surface area contributed by atoms with E-state index >= 15 is 0 Å². The molecule has 3 aromatic carbocycles. The molecule has 0 fully saturated rings. The minimum Gasteiger partial charge on any atom is -0.497 e. The molecule has 0 saturated carbocycles. The molecule has 0 saturated heterocycles. The van der Waals surface area contributed by atoms with Crippen LogP contribution < -0.4 is 10.3 Å². The fraction of sp³-hybridized carbons (Fsp3) is 0.0833. The topological polar surface area (TPSA) is 44.1 Å². The molecule has 4 aromatic rings. The number of ether oxygens (including phenoxy) is 1. The maximum Gasteiger partial charge on any atom is 0.266 e. The first kappa shape index (κ1) is 17.7. The summed E-state index contributed by atoms with van der Waals surface area (Å²) < 4.78 is 6.87. The normalized spacial score (nSPS) is 11.2. The lowest BCUT2D eigenvalue weighted by Gasteiger charge is -2.12. The lowest BCUT2D eigenvalue weighted by Crippen LogP contribution is -2.22. The molecule has 4 heteroatoms. The van der Waals surface area contributed by atoms with E-state index in [2.05, 4.69) is 13.0 Å². The second-order valence-electron chi connectivity index (χ2n) is 6.52. The average molecular weight is 368 g/mol. The van der Waals surface area contributed by atoms with Gasteiger partial charge >= 0.3 is 0 Å². The van der Waals surface area contributed by atoms with Crippen LogP contribution in [0.5, 0.6) is 5.75 Å². The number of para-hydroxylation sites is 1. The van der Waals surface area contributed by atoms with Crippen molar-refractivity contribution in [3.8, 4) is 11.4 Å². The number of methoxy groups -OCH3 is 1. The van der Waals surface area contributed by atoms with Gasteiger partial charge in [-0.1, -0.05) is 42.5 Å². The SMILES string of the molecule is COc1ccc(-n2c(C=Cc3ccccc3C)nc3ccccc3c2=O)cc1. The van der Waals surface area contributed by atoms with Crippen LogP contribution in [0.3, 0.4) is 0 Å². The number of fused-ring (bicyclic) bond motifs is 1. The minimum atomic E-state index is -0.0970. The van der Waals surface area contributed by atoms with Crippen molar-refractivity contribution in [1.82, 2.24) is 9.55 Å². The van der Waals surface area contributed by atoms with Gasteiger partial charge in [0.25, 0.3) is 5.56 Å². The van der Waals surface area contributed by atoms with E-state index in [0.717, 1.165) is 22.6 Å². The predicted octanol–water partition coefficient (Wildman–Crippen LogP) is 4.87. The van der Waals surface area contributed by atoms with E-state index in [9.17, 15) is 4.79 Å². The van der Waals surface area contributed by atoms with Gasteiger partial charge in [0.15, 0.2) is 0 Å². The third-order valence-corrected chi connectivity index (χ3v) is 4.73. The van der Waals surface area contributed by atoms with Gasteiger partial charge in [0.2, 0.25) is 0 Å². The van der Waals surface area contributed by atoms with Crippen LogP contribution in [0.1, 0.15) is 17.0 Å². The first-order valence-electron chi connectivity index (χ1n) is 9.07. The fourth-order valence-electron chi connectivity index (χ4n) is 3.18. The van der Waals surface area contributed by atoms with Crippen LogP contribution in [0.2, 0.25) is 0 Å². The highest BCUT2D eigenvalue weighted by Gasteiger charge is 2.11. The second kappa shape index (κ2) is 7.53. The molecular weight excluding hydrogens is 348 g/mol. The van der Waals surface area contributed by atoms with Gasteiger partial charge in [0.1, 0.15) is 11.6 Å². The summed E-state index contributed by atoms with van der Waals surface area (Å²) in [5.74, 6) is 1.32. The summed E-state index contributed by atoms with van der Waals surface area (Å²) in [6.07, 6.45) is 3.88. The molecule has 0 aliphatic heterocycles. The molecule has 0 N–H and O–H groups in total. The molecule has 0 aliphatic carbocycles. The zero-order valence-corrected chi connectivity index (χ0v) is 15.8. The summed E-state index contributed by atoms with van der Waals surface area (Å²) >= 11 is 0. The Bertz CT molecular complexity index is 1220. The first-order chi connectivity index (χ1) is 13.7. The van der Waals surface area contributed by atoms with E-state index in [1.165, 1.54) is 0 Å². The van der Waals surface area contributed by atoms with Crippen molar-refractivity contribution in [2.45, 2.75) is 6.92 Å². The molecule has 1 heterocycles. The summed E-state index contributed by atoms with van der Waals surface area (Å²) in [5, 5.41) is 0.589. The lowest BCUT2D eigenvalue weighted by molar-refractivity contribution is 0.414. The highest BCUT2D eigenvalue weighted by atomic mass is 16.5. The maximum absolute atomic E-state index is 13.2. The molecule has 0 bridgehead atoms. The monoisotopic (exact) mass is 368 g/mol. The highest BCUT2D eigenvalue weighted by molar-refractivity contribution is 5.80. The molecule has 0 spiro atoms. The van der Waals surface area contributed by atoms with E-state index in [0.29, 0.717) is 16.7 Å². The summed E-state index contributed by atoms with van der Waals surface area (Å²) in [4.78, 5) is 18.0. The Labute approximate surface area is 163 Å². The van der Waals surface area contributed by atoms with Crippen molar-refractivity contribution in [2.75, 3.05) is 7.11 Å². The van der Waals surface area contributed by atoms with Crippen LogP contribution in [0, 0.1) is 6.92 Å². The van der Waals surface area contributed by atoms with E-state index in [1.54, 1.807) is 17.7 Å². The van der Waals surface area contributed by atoms with Crippen LogP contribution >= 0.6 is 0 Å². The number of benzene rings is 3. The standard InChI is InChI=1S/C24H20N2O2/c1-17-7-3-4-8-18(17)11-16-23-25-22-10-6-5-9-21(22)24(27)26(23)19-12-14-20(28-2)15-13-19/h3-16H,1-2H3. The number of hydrogen-bond donors (Lipinski definition) is 0. The van der Waals surface area contributed by atoms with Gasteiger partial charge in [-0.05, 0) is 60.5 Å². The van der Waals surface area contributed by atoms with Gasteiger partial charge in [-0.2, -0.15) is 0 Å². The Kier molecular flexibility index (Phi) is 4.77. The third kappa shape index (κ3) is 3.32. The average Bonchev–Trinajstić information content (AvgIpc) is 2.73. The molecule has 28 heavy (non-hydrogen) atoms. The smallest absolute Gasteiger partial charge is 0.266 e. The van der Waals surface area contributed by atoms with Gasteiger partial charge in [-0.25, -0.2) is 4.98 Å². The van der Waals surface area contributed by atoms with Gasteiger partial charge in [-0.15, -0.1) is 0 Å². The molecule has 0 unspecified atom stereocenters. The van der Waals surface area contributed by atoms with Crippen molar-refractivity contribution in [2.24, 2.45) is 0 Å². The van der Waals surface area contributed by atoms with Crippen molar-refractivity contribution in [1.29, 1.82) is 0 Å². The van der Waals surface area contributed by atoms with Gasteiger partial charge in [-0.3, -0.25) is 9.36 Å². The van der Waals surface area contributed by atoms with Crippen molar-refractivity contribution in [3.63, 3.8) is 0 Å². The molecule has 0 amide bonds. The van der Waals surface area contributed by atoms with Gasteiger partial charge in [0.05, 0.1) is 23.7 Å². The van der Waals surface area contributed by atoms with Crippen LogP contribution in [-0.4, -0.2) is 16.7 Å². The van der Waals surface area contributed by atoms with Crippen LogP contribution in [0.15, 0.2) is 77.6 Å². The quantitative estimate of drug-likeness (QED) is 0.516. The Morgan fingerprint density at radius 2 is 1.61 bits per heavy atom. The van der Waals surface area contributed by atoms with E-state index in [1.807, 2.05) is 72.8 Å². The third-order valence-electron chi connectivity index (χ3n) is 4.73. The summed E-state index contributed by atoms with van der Waals surface area (Å²) in [6, 6.07) is 22.9. The van der Waals surface area contributed by atoms with Gasteiger partial charge < -0.3 is 4.74 Å². The predicted molar refractivity (Wildman–Crippen MR) is 114 cm³/mol. The summed E-state index contributed by atoms with van der Waals surface area (Å²) in [5.41, 5.74) is 3.58. The Hall–Kier alpha value is -3.66. The van der Waals surface area contributed by atoms with E-state index < -0.39 is 0 Å². The number of aryl methyl sites for hydroxylation is 1. The van der Waals surface area contributed by atoms with Crippen molar-refractivity contribution in [3.05, 3.63) is 100 Å². The second-order valence-corrected chi connectivity index (χ2v) is 6.52. The Morgan fingerprint density at radius 1 is 0.893 bits per heavy atom. The summed E-state index contributed by atoms with van der Waals surface area (Å²) in [6.45, 7) is 2.06. The largest absolute Gasteiger partial charge is 0.497 e. The van der Waals surface area contributed by atoms with Crippen molar-refractivity contribution >= 4 is 23.1 Å². The molecule has 0 radical (unpaired) electrons. The van der Waals surface area contributed by atoms with Crippen LogP contribution in [0.25, 0.3) is 28.7 Å². The number of nitrogens with zero attached hydrogens (tertiary/aromatic N) is 2. The van der Waals surface area contributed by atoms with Gasteiger partial charge in [0, 0.05) is 0 Å². The number of aromatic nitrogens is 2. The zero-order valence-electron chi connectivity index (χ0n) is 15.8. The lowest BCUT2D eigenvalue weighted by atomic mass is 10.1.